The molecular weight excluding hydrogens is 148 g/mol. The molecule has 1 nitrogen and oxygen atoms in total. The van der Waals surface area contributed by atoms with Crippen molar-refractivity contribution in [2.45, 2.75) is 47.0 Å². The Labute approximate surface area is 77.2 Å². The van der Waals surface area contributed by atoms with Crippen molar-refractivity contribution in [3.63, 3.8) is 0 Å². The second-order valence-corrected chi connectivity index (χ2v) is 4.23. The van der Waals surface area contributed by atoms with Gasteiger partial charge in [0.25, 0.3) is 0 Å². The van der Waals surface area contributed by atoms with Crippen LogP contribution >= 0.6 is 0 Å². The van der Waals surface area contributed by atoms with Crippen molar-refractivity contribution in [1.82, 2.24) is 0 Å². The summed E-state index contributed by atoms with van der Waals surface area (Å²) in [7, 11) is 0. The normalized spacial score (nSPS) is 18.8. The smallest absolute Gasteiger partial charge is 0.0456 e. The molecule has 0 saturated carbocycles. The quantitative estimate of drug-likeness (QED) is 0.653. The summed E-state index contributed by atoms with van der Waals surface area (Å²) in [5, 5.41) is 8.84. The van der Waals surface area contributed by atoms with Gasteiger partial charge in [-0.15, -0.1) is 0 Å². The van der Waals surface area contributed by atoms with Crippen LogP contribution in [-0.2, 0) is 0 Å². The molecule has 3 atom stereocenters. The minimum absolute atomic E-state index is 0.341. The first-order chi connectivity index (χ1) is 5.61. The molecule has 0 aliphatic carbocycles. The van der Waals surface area contributed by atoms with Gasteiger partial charge < -0.3 is 5.11 Å². The molecule has 74 valence electrons. The average Bonchev–Trinajstić information content (AvgIpc) is 2.11. The maximum atomic E-state index is 8.84. The van der Waals surface area contributed by atoms with E-state index in [2.05, 4.69) is 27.7 Å². The number of rotatable bonds is 6. The predicted molar refractivity (Wildman–Crippen MR) is 54.1 cm³/mol. The van der Waals surface area contributed by atoms with Crippen LogP contribution in [0.15, 0.2) is 0 Å². The Bertz CT molecular complexity index is 101. The summed E-state index contributed by atoms with van der Waals surface area (Å²) in [6.07, 6.45) is 3.70. The lowest BCUT2D eigenvalue weighted by atomic mass is 9.87. The molecule has 12 heavy (non-hydrogen) atoms. The van der Waals surface area contributed by atoms with Crippen LogP contribution in [-0.4, -0.2) is 11.7 Å². The zero-order valence-corrected chi connectivity index (χ0v) is 9.01. The van der Waals surface area contributed by atoms with Crippen molar-refractivity contribution < 1.29 is 5.11 Å². The zero-order chi connectivity index (χ0) is 9.56. The van der Waals surface area contributed by atoms with Gasteiger partial charge in [-0.3, -0.25) is 0 Å². The molecule has 0 aromatic heterocycles. The van der Waals surface area contributed by atoms with E-state index in [9.17, 15) is 0 Å². The Balaban J connectivity index is 3.49. The fourth-order valence-electron chi connectivity index (χ4n) is 1.33. The van der Waals surface area contributed by atoms with Gasteiger partial charge in [-0.05, 0) is 24.2 Å². The van der Waals surface area contributed by atoms with Gasteiger partial charge >= 0.3 is 0 Å². The first-order valence-electron chi connectivity index (χ1n) is 5.22. The average molecular weight is 172 g/mol. The van der Waals surface area contributed by atoms with Crippen LogP contribution in [0.4, 0.5) is 0 Å². The van der Waals surface area contributed by atoms with Crippen molar-refractivity contribution in [2.75, 3.05) is 6.61 Å². The molecule has 1 heteroatoms. The Morgan fingerprint density at radius 3 is 2.00 bits per heavy atom. The molecule has 0 aromatic carbocycles. The van der Waals surface area contributed by atoms with Crippen molar-refractivity contribution >= 4 is 0 Å². The van der Waals surface area contributed by atoms with Crippen LogP contribution in [0.2, 0.25) is 0 Å². The van der Waals surface area contributed by atoms with Crippen molar-refractivity contribution in [2.24, 2.45) is 17.8 Å². The summed E-state index contributed by atoms with van der Waals surface area (Å²) in [5.41, 5.74) is 0. The topological polar surface area (TPSA) is 20.2 Å². The molecule has 0 aliphatic rings. The summed E-state index contributed by atoms with van der Waals surface area (Å²) in [6.45, 7) is 9.33. The van der Waals surface area contributed by atoms with E-state index >= 15 is 0 Å². The van der Waals surface area contributed by atoms with Crippen LogP contribution in [0.5, 0.6) is 0 Å². The van der Waals surface area contributed by atoms with Crippen molar-refractivity contribution in [1.29, 1.82) is 0 Å². The summed E-state index contributed by atoms with van der Waals surface area (Å²) in [4.78, 5) is 0. The van der Waals surface area contributed by atoms with E-state index in [1.54, 1.807) is 0 Å². The van der Waals surface area contributed by atoms with E-state index in [-0.39, 0.29) is 0 Å². The molecule has 0 radical (unpaired) electrons. The predicted octanol–water partition coefficient (Wildman–Crippen LogP) is 3.08. The lowest BCUT2D eigenvalue weighted by Crippen LogP contribution is -2.10. The van der Waals surface area contributed by atoms with Crippen LogP contribution in [0.3, 0.4) is 0 Å². The first kappa shape index (κ1) is 12.0. The molecule has 0 heterocycles. The molecule has 0 rings (SSSR count). The lowest BCUT2D eigenvalue weighted by Gasteiger charge is -2.19. The molecule has 0 spiro atoms. The number of aliphatic hydroxyl groups excluding tert-OH is 1. The largest absolute Gasteiger partial charge is 0.396 e. The minimum atomic E-state index is 0.341. The monoisotopic (exact) mass is 172 g/mol. The summed E-state index contributed by atoms with van der Waals surface area (Å²) >= 11 is 0. The molecule has 0 aliphatic heterocycles. The summed E-state index contributed by atoms with van der Waals surface area (Å²) in [6, 6.07) is 0. The van der Waals surface area contributed by atoms with Gasteiger partial charge in [-0.2, -0.15) is 0 Å². The fourth-order valence-corrected chi connectivity index (χ4v) is 1.33. The Morgan fingerprint density at radius 2 is 1.58 bits per heavy atom. The molecule has 3 unspecified atom stereocenters. The van der Waals surface area contributed by atoms with E-state index < -0.39 is 0 Å². The highest BCUT2D eigenvalue weighted by atomic mass is 16.3. The minimum Gasteiger partial charge on any atom is -0.396 e. The third-order valence-corrected chi connectivity index (χ3v) is 3.04. The molecule has 0 saturated heterocycles. The van der Waals surface area contributed by atoms with Crippen LogP contribution < -0.4 is 0 Å². The Hall–Kier alpha value is -0.0400. The molecule has 0 amide bonds. The van der Waals surface area contributed by atoms with Crippen LogP contribution in [0.1, 0.15) is 47.0 Å². The summed E-state index contributed by atoms with van der Waals surface area (Å²) in [5.74, 6) is 2.12. The van der Waals surface area contributed by atoms with Crippen LogP contribution in [0.25, 0.3) is 0 Å². The van der Waals surface area contributed by atoms with Gasteiger partial charge in [0, 0.05) is 6.61 Å². The standard InChI is InChI=1S/C11H24O/c1-5-10(3)11(4)7-6-9(2)8-12/h9-12H,5-8H2,1-4H3. The Kier molecular flexibility index (Phi) is 6.45. The number of hydrogen-bond donors (Lipinski definition) is 1. The van der Waals surface area contributed by atoms with Gasteiger partial charge in [0.15, 0.2) is 0 Å². The van der Waals surface area contributed by atoms with E-state index in [1.165, 1.54) is 19.3 Å². The maximum absolute atomic E-state index is 8.84. The van der Waals surface area contributed by atoms with Gasteiger partial charge in [-0.25, -0.2) is 0 Å². The molecular formula is C11H24O. The summed E-state index contributed by atoms with van der Waals surface area (Å²) < 4.78 is 0. The third kappa shape index (κ3) is 4.76. The van der Waals surface area contributed by atoms with Gasteiger partial charge in [-0.1, -0.05) is 40.5 Å². The van der Waals surface area contributed by atoms with Gasteiger partial charge in [0.05, 0.1) is 0 Å². The van der Waals surface area contributed by atoms with Gasteiger partial charge in [0.2, 0.25) is 0 Å². The zero-order valence-electron chi connectivity index (χ0n) is 9.01. The highest BCUT2D eigenvalue weighted by Gasteiger charge is 2.11. The second-order valence-electron chi connectivity index (χ2n) is 4.23. The molecule has 0 fully saturated rings. The fraction of sp³-hybridized carbons (Fsp3) is 1.00. The van der Waals surface area contributed by atoms with Gasteiger partial charge in [0.1, 0.15) is 0 Å². The molecule has 0 aromatic rings. The highest BCUT2D eigenvalue weighted by molar-refractivity contribution is 4.62. The SMILES string of the molecule is CCC(C)C(C)CCC(C)CO. The van der Waals surface area contributed by atoms with E-state index in [0.29, 0.717) is 12.5 Å². The number of hydrogen-bond acceptors (Lipinski definition) is 1. The van der Waals surface area contributed by atoms with Crippen molar-refractivity contribution in [3.05, 3.63) is 0 Å². The molecule has 1 N–H and O–H groups in total. The lowest BCUT2D eigenvalue weighted by molar-refractivity contribution is 0.215. The number of aliphatic hydroxyl groups is 1. The third-order valence-electron chi connectivity index (χ3n) is 3.04. The van der Waals surface area contributed by atoms with Crippen LogP contribution in [0, 0.1) is 17.8 Å². The van der Waals surface area contributed by atoms with E-state index in [4.69, 9.17) is 5.11 Å². The first-order valence-corrected chi connectivity index (χ1v) is 5.22. The highest BCUT2D eigenvalue weighted by Crippen LogP contribution is 2.21. The van der Waals surface area contributed by atoms with Crippen molar-refractivity contribution in [3.8, 4) is 0 Å². The maximum Gasteiger partial charge on any atom is 0.0456 e. The second kappa shape index (κ2) is 6.47. The molecule has 0 bridgehead atoms. The Morgan fingerprint density at radius 1 is 1.00 bits per heavy atom. The van der Waals surface area contributed by atoms with E-state index in [1.807, 2.05) is 0 Å². The van der Waals surface area contributed by atoms with E-state index in [0.717, 1.165) is 11.8 Å².